The predicted octanol–water partition coefficient (Wildman–Crippen LogP) is 4.24. The Hall–Kier alpha value is -2.70. The summed E-state index contributed by atoms with van der Waals surface area (Å²) in [6.45, 7) is 12.0. The molecule has 0 amide bonds. The molecule has 0 N–H and O–H groups in total. The van der Waals surface area contributed by atoms with Crippen LogP contribution < -0.4 is 9.47 Å². The van der Waals surface area contributed by atoms with Gasteiger partial charge in [0, 0.05) is 31.4 Å². The van der Waals surface area contributed by atoms with E-state index >= 15 is 0 Å². The molecule has 2 aliphatic rings. The highest BCUT2D eigenvalue weighted by Gasteiger charge is 2.43. The summed E-state index contributed by atoms with van der Waals surface area (Å²) >= 11 is 0. The van der Waals surface area contributed by atoms with Crippen molar-refractivity contribution >= 4 is 11.9 Å². The van der Waals surface area contributed by atoms with Gasteiger partial charge in [0.2, 0.25) is 0 Å². The number of hydrogen-bond acceptors (Lipinski definition) is 6. The summed E-state index contributed by atoms with van der Waals surface area (Å²) in [5.74, 6) is 0.308. The highest BCUT2D eigenvalue weighted by molar-refractivity contribution is 5.72. The molecule has 31 heavy (non-hydrogen) atoms. The molecule has 2 saturated heterocycles. The first-order valence-electron chi connectivity index (χ1n) is 10.4. The van der Waals surface area contributed by atoms with Crippen LogP contribution in [0.3, 0.4) is 0 Å². The zero-order valence-electron chi connectivity index (χ0n) is 18.9. The van der Waals surface area contributed by atoms with Gasteiger partial charge >= 0.3 is 11.9 Å². The number of benzene rings is 2. The fraction of sp³-hybridized carbons (Fsp3) is 0.440. The lowest BCUT2D eigenvalue weighted by molar-refractivity contribution is -0.132. The van der Waals surface area contributed by atoms with E-state index in [2.05, 4.69) is 0 Å². The first kappa shape index (κ1) is 21.5. The van der Waals surface area contributed by atoms with E-state index in [-0.39, 0.29) is 23.1 Å². The van der Waals surface area contributed by atoms with Gasteiger partial charge in [-0.05, 0) is 74.2 Å². The number of esters is 2. The van der Waals surface area contributed by atoms with Gasteiger partial charge < -0.3 is 18.9 Å². The van der Waals surface area contributed by atoms with Crippen molar-refractivity contribution in [3.63, 3.8) is 0 Å². The van der Waals surface area contributed by atoms with E-state index in [0.29, 0.717) is 31.1 Å². The van der Waals surface area contributed by atoms with Crippen LogP contribution in [-0.4, -0.2) is 25.2 Å². The molecule has 2 heterocycles. The number of epoxide rings is 2. The highest BCUT2D eigenvalue weighted by Crippen LogP contribution is 2.44. The fourth-order valence-electron chi connectivity index (χ4n) is 3.90. The van der Waals surface area contributed by atoms with E-state index in [1.807, 2.05) is 52.0 Å². The first-order valence-corrected chi connectivity index (χ1v) is 10.4. The first-order chi connectivity index (χ1) is 14.5. The molecule has 0 saturated carbocycles. The Bertz CT molecular complexity index is 990. The Morgan fingerprint density at radius 3 is 1.45 bits per heavy atom. The molecule has 6 heteroatoms. The number of carbonyl (C=O) groups is 2. The molecular weight excluding hydrogens is 396 g/mol. The van der Waals surface area contributed by atoms with Gasteiger partial charge in [0.1, 0.15) is 22.7 Å². The largest absolute Gasteiger partial charge is 0.426 e. The summed E-state index contributed by atoms with van der Waals surface area (Å²) in [6.07, 6.45) is 0.431. The molecule has 164 valence electrons. The average molecular weight is 424 g/mol. The summed E-state index contributed by atoms with van der Waals surface area (Å²) < 4.78 is 22.4. The third-order valence-corrected chi connectivity index (χ3v) is 5.95. The summed E-state index contributed by atoms with van der Waals surface area (Å²) in [6, 6.07) is 8.05. The minimum absolute atomic E-state index is 0.319. The highest BCUT2D eigenvalue weighted by atomic mass is 16.6. The normalized spacial score (nSPS) is 23.9. The molecule has 0 spiro atoms. The van der Waals surface area contributed by atoms with E-state index in [0.717, 1.165) is 33.4 Å². The minimum Gasteiger partial charge on any atom is -0.426 e. The van der Waals surface area contributed by atoms with E-state index in [1.165, 1.54) is 13.8 Å². The standard InChI is InChI=1S/C25H28O6/c1-14-7-20(24(5)12-28-24)10-18(22(14)30-16(3)26)9-19-11-21(25(6)13-29-25)8-15(2)23(19)31-17(4)27/h7-8,10-11H,9,12-13H2,1-6H3. The number of hydrogen-bond donors (Lipinski definition) is 0. The molecule has 0 radical (unpaired) electrons. The summed E-state index contributed by atoms with van der Waals surface area (Å²) in [7, 11) is 0. The zero-order valence-corrected chi connectivity index (χ0v) is 18.9. The molecule has 0 aliphatic carbocycles. The van der Waals surface area contributed by atoms with Crippen LogP contribution in [-0.2, 0) is 36.7 Å². The number of carbonyl (C=O) groups excluding carboxylic acids is 2. The molecule has 2 aromatic carbocycles. The van der Waals surface area contributed by atoms with Gasteiger partial charge in [0.05, 0.1) is 13.2 Å². The molecule has 2 aromatic rings. The molecule has 2 atom stereocenters. The van der Waals surface area contributed by atoms with Crippen LogP contribution in [0.1, 0.15) is 61.1 Å². The molecular formula is C25H28O6. The van der Waals surface area contributed by atoms with Crippen molar-refractivity contribution < 1.29 is 28.5 Å². The average Bonchev–Trinajstić information content (AvgIpc) is 3.59. The number of aryl methyl sites for hydroxylation is 2. The molecule has 2 fully saturated rings. The Kier molecular flexibility index (Phi) is 5.18. The Morgan fingerprint density at radius 2 is 1.16 bits per heavy atom. The van der Waals surface area contributed by atoms with Crippen LogP contribution in [0.2, 0.25) is 0 Å². The Morgan fingerprint density at radius 1 is 0.806 bits per heavy atom. The van der Waals surface area contributed by atoms with E-state index in [4.69, 9.17) is 18.9 Å². The van der Waals surface area contributed by atoms with Crippen molar-refractivity contribution in [1.82, 2.24) is 0 Å². The fourth-order valence-corrected chi connectivity index (χ4v) is 3.90. The van der Waals surface area contributed by atoms with Gasteiger partial charge in [-0.3, -0.25) is 9.59 Å². The van der Waals surface area contributed by atoms with E-state index in [9.17, 15) is 9.59 Å². The van der Waals surface area contributed by atoms with Crippen LogP contribution >= 0.6 is 0 Å². The quantitative estimate of drug-likeness (QED) is 0.392. The second-order valence-corrected chi connectivity index (χ2v) is 8.97. The van der Waals surface area contributed by atoms with Crippen molar-refractivity contribution in [2.45, 2.75) is 59.2 Å². The van der Waals surface area contributed by atoms with E-state index < -0.39 is 0 Å². The van der Waals surface area contributed by atoms with Crippen LogP contribution in [0.5, 0.6) is 11.5 Å². The summed E-state index contributed by atoms with van der Waals surface area (Å²) in [5, 5.41) is 0. The lowest BCUT2D eigenvalue weighted by Crippen LogP contribution is -2.12. The zero-order chi connectivity index (χ0) is 22.6. The third kappa shape index (κ3) is 4.36. The Balaban J connectivity index is 1.83. The van der Waals surface area contributed by atoms with Crippen molar-refractivity contribution in [3.05, 3.63) is 57.6 Å². The molecule has 0 aromatic heterocycles. The van der Waals surface area contributed by atoms with Crippen LogP contribution in [0.25, 0.3) is 0 Å². The monoisotopic (exact) mass is 424 g/mol. The molecule has 0 bridgehead atoms. The number of rotatable bonds is 6. The third-order valence-electron chi connectivity index (χ3n) is 5.95. The maximum Gasteiger partial charge on any atom is 0.308 e. The summed E-state index contributed by atoms with van der Waals surface area (Å²) in [4.78, 5) is 23.6. The van der Waals surface area contributed by atoms with Gasteiger partial charge in [-0.2, -0.15) is 0 Å². The minimum atomic E-state index is -0.380. The second kappa shape index (κ2) is 7.46. The molecule has 2 aliphatic heterocycles. The Labute approximate surface area is 182 Å². The predicted molar refractivity (Wildman–Crippen MR) is 114 cm³/mol. The smallest absolute Gasteiger partial charge is 0.308 e. The van der Waals surface area contributed by atoms with Gasteiger partial charge in [-0.15, -0.1) is 0 Å². The van der Waals surface area contributed by atoms with Gasteiger partial charge in [-0.1, -0.05) is 0 Å². The SMILES string of the molecule is CC(=O)Oc1c(C)cc(C2(C)CO2)cc1Cc1cc(C2(C)CO2)cc(C)c1OC(C)=O. The van der Waals surface area contributed by atoms with Gasteiger partial charge in [0.15, 0.2) is 0 Å². The van der Waals surface area contributed by atoms with Crippen molar-refractivity contribution in [1.29, 1.82) is 0 Å². The van der Waals surface area contributed by atoms with Gasteiger partial charge in [0.25, 0.3) is 0 Å². The lowest BCUT2D eigenvalue weighted by Gasteiger charge is -2.19. The van der Waals surface area contributed by atoms with Crippen LogP contribution in [0.4, 0.5) is 0 Å². The topological polar surface area (TPSA) is 77.7 Å². The van der Waals surface area contributed by atoms with Crippen molar-refractivity contribution in [3.8, 4) is 11.5 Å². The van der Waals surface area contributed by atoms with Crippen LogP contribution in [0.15, 0.2) is 24.3 Å². The molecule has 4 rings (SSSR count). The summed E-state index contributed by atoms with van der Waals surface area (Å²) in [5.41, 5.74) is 4.84. The number of ether oxygens (including phenoxy) is 4. The molecule has 2 unspecified atom stereocenters. The van der Waals surface area contributed by atoms with E-state index in [1.54, 1.807) is 0 Å². The van der Waals surface area contributed by atoms with Crippen molar-refractivity contribution in [2.24, 2.45) is 0 Å². The van der Waals surface area contributed by atoms with Crippen molar-refractivity contribution in [2.75, 3.05) is 13.2 Å². The lowest BCUT2D eigenvalue weighted by atomic mass is 9.90. The maximum atomic E-state index is 11.8. The van der Waals surface area contributed by atoms with Crippen LogP contribution in [0, 0.1) is 13.8 Å². The molecule has 6 nitrogen and oxygen atoms in total. The maximum absolute atomic E-state index is 11.8. The second-order valence-electron chi connectivity index (χ2n) is 8.97. The van der Waals surface area contributed by atoms with Gasteiger partial charge in [-0.25, -0.2) is 0 Å².